The lowest BCUT2D eigenvalue weighted by atomic mass is 9.86. The van der Waals surface area contributed by atoms with E-state index >= 15 is 0 Å². The van der Waals surface area contributed by atoms with Crippen LogP contribution in [0.4, 0.5) is 10.2 Å². The first kappa shape index (κ1) is 20.1. The van der Waals surface area contributed by atoms with E-state index in [0.717, 1.165) is 32.8 Å². The van der Waals surface area contributed by atoms with Gasteiger partial charge in [-0.05, 0) is 65.7 Å². The van der Waals surface area contributed by atoms with Crippen LogP contribution < -0.4 is 10.1 Å². The van der Waals surface area contributed by atoms with Gasteiger partial charge in [0.1, 0.15) is 17.4 Å². The fourth-order valence-electron chi connectivity index (χ4n) is 3.94. The number of amides is 1. The summed E-state index contributed by atoms with van der Waals surface area (Å²) < 4.78 is 22.4. The number of nitrogens with one attached hydrogen (secondary N) is 1. The van der Waals surface area contributed by atoms with Gasteiger partial charge in [-0.2, -0.15) is 9.78 Å². The SMILES string of the molecule is CCOc1ccc2nc(-n3nc(C)c4c3NC(=O)CC4c3ccc(F)c(Br)c3)sc2c1. The first-order valence-electron chi connectivity index (χ1n) is 9.82. The molecular weight excluding hydrogens is 483 g/mol. The molecule has 3 heterocycles. The number of nitrogens with zero attached hydrogens (tertiary/aromatic N) is 3. The average molecular weight is 501 g/mol. The van der Waals surface area contributed by atoms with Crippen LogP contribution in [0.2, 0.25) is 0 Å². The van der Waals surface area contributed by atoms with Crippen molar-refractivity contribution in [2.75, 3.05) is 11.9 Å². The second kappa shape index (κ2) is 7.72. The Bertz CT molecular complexity index is 1330. The second-order valence-electron chi connectivity index (χ2n) is 7.30. The van der Waals surface area contributed by atoms with E-state index in [0.29, 0.717) is 22.0 Å². The van der Waals surface area contributed by atoms with Crippen LogP contribution >= 0.6 is 27.3 Å². The number of anilines is 1. The molecule has 0 radical (unpaired) electrons. The van der Waals surface area contributed by atoms with Crippen LogP contribution in [0.25, 0.3) is 15.3 Å². The number of fused-ring (bicyclic) bond motifs is 2. The molecule has 9 heteroatoms. The van der Waals surface area contributed by atoms with Crippen LogP contribution in [0.1, 0.15) is 36.1 Å². The van der Waals surface area contributed by atoms with E-state index in [2.05, 4.69) is 21.2 Å². The molecule has 0 saturated carbocycles. The molecule has 0 aliphatic carbocycles. The second-order valence-corrected chi connectivity index (χ2v) is 9.16. The van der Waals surface area contributed by atoms with Crippen molar-refractivity contribution in [3.63, 3.8) is 0 Å². The molecule has 2 aromatic heterocycles. The van der Waals surface area contributed by atoms with Crippen molar-refractivity contribution in [1.29, 1.82) is 0 Å². The van der Waals surface area contributed by atoms with Crippen LogP contribution in [0.3, 0.4) is 0 Å². The van der Waals surface area contributed by atoms with Crippen LogP contribution in [-0.2, 0) is 4.79 Å². The molecular formula is C22H18BrFN4O2S. The van der Waals surface area contributed by atoms with Crippen molar-refractivity contribution < 1.29 is 13.9 Å². The summed E-state index contributed by atoms with van der Waals surface area (Å²) in [6.45, 7) is 4.45. The molecule has 1 aliphatic rings. The highest BCUT2D eigenvalue weighted by Gasteiger charge is 2.33. The Labute approximate surface area is 190 Å². The van der Waals surface area contributed by atoms with Crippen LogP contribution in [0.15, 0.2) is 40.9 Å². The minimum atomic E-state index is -0.336. The predicted molar refractivity (Wildman–Crippen MR) is 122 cm³/mol. The third kappa shape index (κ3) is 3.51. The zero-order valence-electron chi connectivity index (χ0n) is 16.8. The normalized spacial score (nSPS) is 15.7. The van der Waals surface area contributed by atoms with Crippen LogP contribution in [0, 0.1) is 12.7 Å². The maximum Gasteiger partial charge on any atom is 0.226 e. The first-order chi connectivity index (χ1) is 14.9. The van der Waals surface area contributed by atoms with Crippen molar-refractivity contribution in [1.82, 2.24) is 14.8 Å². The molecule has 31 heavy (non-hydrogen) atoms. The van der Waals surface area contributed by atoms with Gasteiger partial charge >= 0.3 is 0 Å². The predicted octanol–water partition coefficient (Wildman–Crippen LogP) is 5.56. The molecule has 0 spiro atoms. The number of halogens is 2. The van der Waals surface area contributed by atoms with Gasteiger partial charge in [-0.15, -0.1) is 0 Å². The van der Waals surface area contributed by atoms with Crippen LogP contribution in [-0.4, -0.2) is 27.3 Å². The van der Waals surface area contributed by atoms with E-state index in [1.54, 1.807) is 16.8 Å². The maximum absolute atomic E-state index is 13.8. The molecule has 2 aromatic carbocycles. The Morgan fingerprint density at radius 1 is 1.32 bits per heavy atom. The van der Waals surface area contributed by atoms with Gasteiger partial charge in [-0.3, -0.25) is 4.79 Å². The van der Waals surface area contributed by atoms with Gasteiger partial charge in [0.25, 0.3) is 0 Å². The quantitative estimate of drug-likeness (QED) is 0.397. The summed E-state index contributed by atoms with van der Waals surface area (Å²) in [6, 6.07) is 10.6. The highest BCUT2D eigenvalue weighted by Crippen LogP contribution is 2.42. The van der Waals surface area contributed by atoms with Crippen molar-refractivity contribution in [3.8, 4) is 10.9 Å². The molecule has 1 N–H and O–H groups in total. The van der Waals surface area contributed by atoms with Gasteiger partial charge in [0.2, 0.25) is 11.0 Å². The number of hydrogen-bond donors (Lipinski definition) is 1. The highest BCUT2D eigenvalue weighted by molar-refractivity contribution is 9.10. The Balaban J connectivity index is 1.62. The minimum Gasteiger partial charge on any atom is -0.494 e. The van der Waals surface area contributed by atoms with Crippen molar-refractivity contribution in [2.45, 2.75) is 26.2 Å². The Morgan fingerprint density at radius 2 is 2.16 bits per heavy atom. The third-order valence-corrected chi connectivity index (χ3v) is 6.89. The number of rotatable bonds is 4. The summed E-state index contributed by atoms with van der Waals surface area (Å²) in [5.74, 6) is 0.743. The number of carbonyl (C=O) groups excluding carboxylic acids is 1. The molecule has 1 atom stereocenters. The average Bonchev–Trinajstić information content (AvgIpc) is 3.30. The maximum atomic E-state index is 13.8. The minimum absolute atomic E-state index is 0.112. The summed E-state index contributed by atoms with van der Waals surface area (Å²) in [5, 5.41) is 8.33. The lowest BCUT2D eigenvalue weighted by Crippen LogP contribution is -2.25. The Morgan fingerprint density at radius 3 is 2.94 bits per heavy atom. The summed E-state index contributed by atoms with van der Waals surface area (Å²) >= 11 is 4.73. The number of hydrogen-bond acceptors (Lipinski definition) is 5. The van der Waals surface area contributed by atoms with E-state index in [9.17, 15) is 9.18 Å². The van der Waals surface area contributed by atoms with E-state index in [1.807, 2.05) is 32.0 Å². The molecule has 6 nitrogen and oxygen atoms in total. The third-order valence-electron chi connectivity index (χ3n) is 5.29. The van der Waals surface area contributed by atoms with E-state index < -0.39 is 0 Å². The van der Waals surface area contributed by atoms with Gasteiger partial charge < -0.3 is 10.1 Å². The molecule has 0 bridgehead atoms. The van der Waals surface area contributed by atoms with E-state index in [4.69, 9.17) is 14.8 Å². The molecule has 4 aromatic rings. The summed E-state index contributed by atoms with van der Waals surface area (Å²) in [4.78, 5) is 17.3. The zero-order valence-corrected chi connectivity index (χ0v) is 19.2. The van der Waals surface area contributed by atoms with Crippen LogP contribution in [0.5, 0.6) is 5.75 Å². The molecule has 1 unspecified atom stereocenters. The fourth-order valence-corrected chi connectivity index (χ4v) is 5.29. The molecule has 158 valence electrons. The van der Waals surface area contributed by atoms with Gasteiger partial charge in [-0.25, -0.2) is 9.37 Å². The van der Waals surface area contributed by atoms with Gasteiger partial charge in [-0.1, -0.05) is 17.4 Å². The lowest BCUT2D eigenvalue weighted by molar-refractivity contribution is -0.116. The first-order valence-corrected chi connectivity index (χ1v) is 11.4. The molecule has 0 saturated heterocycles. The summed E-state index contributed by atoms with van der Waals surface area (Å²) in [7, 11) is 0. The largest absolute Gasteiger partial charge is 0.494 e. The van der Waals surface area contributed by atoms with E-state index in [-0.39, 0.29) is 24.1 Å². The fraction of sp³-hybridized carbons (Fsp3) is 0.227. The molecule has 0 fully saturated rings. The number of benzene rings is 2. The smallest absolute Gasteiger partial charge is 0.226 e. The van der Waals surface area contributed by atoms with Gasteiger partial charge in [0.05, 0.1) is 27.0 Å². The number of ether oxygens (including phenoxy) is 1. The van der Waals surface area contributed by atoms with E-state index in [1.165, 1.54) is 17.4 Å². The molecule has 1 amide bonds. The van der Waals surface area contributed by atoms with Crippen molar-refractivity contribution >= 4 is 49.2 Å². The van der Waals surface area contributed by atoms with Crippen molar-refractivity contribution in [2.24, 2.45) is 0 Å². The number of thiazole rings is 1. The summed E-state index contributed by atoms with van der Waals surface area (Å²) in [5.41, 5.74) is 3.42. The number of aryl methyl sites for hydroxylation is 1. The molecule has 1 aliphatic heterocycles. The number of aromatic nitrogens is 3. The standard InChI is InChI=1S/C22H18BrFN4O2S/c1-3-30-13-5-7-17-18(9-13)31-22(25-17)28-21-20(11(2)27-28)14(10-19(29)26-21)12-4-6-16(24)15(23)8-12/h4-9,14H,3,10H2,1-2H3,(H,26,29). The monoisotopic (exact) mass is 500 g/mol. The number of carbonyl (C=O) groups is 1. The Hall–Kier alpha value is -2.78. The van der Waals surface area contributed by atoms with Gasteiger partial charge in [0.15, 0.2) is 0 Å². The lowest BCUT2D eigenvalue weighted by Gasteiger charge is -2.24. The molecule has 5 rings (SSSR count). The highest BCUT2D eigenvalue weighted by atomic mass is 79.9. The zero-order chi connectivity index (χ0) is 21.7. The Kier molecular flexibility index (Phi) is 5.02. The van der Waals surface area contributed by atoms with Crippen molar-refractivity contribution in [3.05, 3.63) is 63.5 Å². The van der Waals surface area contributed by atoms with Gasteiger partial charge in [0, 0.05) is 17.9 Å². The topological polar surface area (TPSA) is 69.0 Å². The summed E-state index contributed by atoms with van der Waals surface area (Å²) in [6.07, 6.45) is 0.273.